The lowest BCUT2D eigenvalue weighted by Crippen LogP contribution is -2.39. The summed E-state index contributed by atoms with van der Waals surface area (Å²) in [5.41, 5.74) is 2.02. The van der Waals surface area contributed by atoms with Crippen molar-refractivity contribution in [3.05, 3.63) is 70.2 Å². The van der Waals surface area contributed by atoms with E-state index in [1.807, 2.05) is 54.6 Å². The van der Waals surface area contributed by atoms with Crippen molar-refractivity contribution in [3.63, 3.8) is 0 Å². The first-order valence-electron chi connectivity index (χ1n) is 9.35. The molecule has 0 N–H and O–H groups in total. The van der Waals surface area contributed by atoms with Gasteiger partial charge in [-0.1, -0.05) is 58.4 Å². The van der Waals surface area contributed by atoms with Gasteiger partial charge in [0.1, 0.15) is 12.7 Å². The fourth-order valence-corrected chi connectivity index (χ4v) is 4.12. The zero-order valence-corrected chi connectivity index (χ0v) is 17.8. The maximum atomic E-state index is 13.5. The van der Waals surface area contributed by atoms with Gasteiger partial charge in [-0.3, -0.25) is 9.59 Å². The molecule has 1 heterocycles. The number of carbonyl (C=O) groups is 2. The molecule has 0 bridgehead atoms. The van der Waals surface area contributed by atoms with Gasteiger partial charge in [-0.05, 0) is 36.1 Å². The molecule has 0 radical (unpaired) electrons. The third-order valence-corrected chi connectivity index (χ3v) is 5.63. The van der Waals surface area contributed by atoms with Gasteiger partial charge in [0, 0.05) is 31.2 Å². The molecule has 148 valence electrons. The smallest absolute Gasteiger partial charge is 0.243 e. The summed E-state index contributed by atoms with van der Waals surface area (Å²) in [6, 6.07) is 17.7. The molecule has 2 aromatic rings. The van der Waals surface area contributed by atoms with Crippen molar-refractivity contribution >= 4 is 27.7 Å². The predicted molar refractivity (Wildman–Crippen MR) is 111 cm³/mol. The monoisotopic (exact) mass is 444 g/mol. The number of nitrogens with zero attached hydrogens (tertiary/aromatic N) is 2. The van der Waals surface area contributed by atoms with Crippen molar-refractivity contribution < 1.29 is 14.3 Å². The minimum Gasteiger partial charge on any atom is -0.385 e. The van der Waals surface area contributed by atoms with E-state index < -0.39 is 0 Å². The molecule has 0 aromatic heterocycles. The summed E-state index contributed by atoms with van der Waals surface area (Å²) in [4.78, 5) is 29.3. The van der Waals surface area contributed by atoms with Crippen LogP contribution in [-0.2, 0) is 20.7 Å². The lowest BCUT2D eigenvalue weighted by molar-refractivity contribution is -0.138. The van der Waals surface area contributed by atoms with E-state index in [0.29, 0.717) is 19.4 Å². The van der Waals surface area contributed by atoms with Gasteiger partial charge in [0.15, 0.2) is 0 Å². The summed E-state index contributed by atoms with van der Waals surface area (Å²) in [6.45, 7) is 0.606. The molecule has 5 nitrogen and oxygen atoms in total. The SMILES string of the molecule is COCCC(Cc1cccc(Br)c1)C(=O)N1CC(=O)N(C)C1c1ccccc1. The van der Waals surface area contributed by atoms with Crippen molar-refractivity contribution in [1.82, 2.24) is 9.80 Å². The number of rotatable bonds is 7. The van der Waals surface area contributed by atoms with Crippen LogP contribution in [0.4, 0.5) is 0 Å². The molecule has 28 heavy (non-hydrogen) atoms. The Morgan fingerprint density at radius 3 is 2.64 bits per heavy atom. The molecule has 0 aliphatic carbocycles. The average molecular weight is 445 g/mol. The molecule has 2 atom stereocenters. The van der Waals surface area contributed by atoms with E-state index in [9.17, 15) is 9.59 Å². The van der Waals surface area contributed by atoms with E-state index in [4.69, 9.17) is 4.74 Å². The lowest BCUT2D eigenvalue weighted by Gasteiger charge is -2.31. The molecule has 1 aliphatic heterocycles. The fraction of sp³-hybridized carbons (Fsp3) is 0.364. The molecule has 6 heteroatoms. The topological polar surface area (TPSA) is 49.9 Å². The Labute approximate surface area is 174 Å². The minimum absolute atomic E-state index is 0.0106. The lowest BCUT2D eigenvalue weighted by atomic mass is 9.94. The molecular weight excluding hydrogens is 420 g/mol. The van der Waals surface area contributed by atoms with Crippen LogP contribution in [0.2, 0.25) is 0 Å². The molecule has 2 unspecified atom stereocenters. The maximum Gasteiger partial charge on any atom is 0.243 e. The number of methoxy groups -OCH3 is 1. The number of amides is 2. The van der Waals surface area contributed by atoms with Gasteiger partial charge in [-0.2, -0.15) is 0 Å². The van der Waals surface area contributed by atoms with Crippen molar-refractivity contribution in [1.29, 1.82) is 0 Å². The molecular formula is C22H25BrN2O3. The highest BCUT2D eigenvalue weighted by molar-refractivity contribution is 9.10. The normalized spacial score (nSPS) is 17.8. The van der Waals surface area contributed by atoms with E-state index in [0.717, 1.165) is 15.6 Å². The van der Waals surface area contributed by atoms with Crippen molar-refractivity contribution in [2.75, 3.05) is 27.3 Å². The Morgan fingerprint density at radius 1 is 1.21 bits per heavy atom. The maximum absolute atomic E-state index is 13.5. The predicted octanol–water partition coefficient (Wildman–Crippen LogP) is 3.64. The molecule has 3 rings (SSSR count). The van der Waals surface area contributed by atoms with Gasteiger partial charge in [0.2, 0.25) is 11.8 Å². The van der Waals surface area contributed by atoms with Crippen LogP contribution in [0.15, 0.2) is 59.1 Å². The standard InChI is InChI=1S/C22H25BrN2O3/c1-24-20(26)15-25(21(24)17-8-4-3-5-9-17)22(27)18(11-12-28-2)13-16-7-6-10-19(23)14-16/h3-10,14,18,21H,11-13,15H2,1-2H3. The third-order valence-electron chi connectivity index (χ3n) is 5.13. The fourth-order valence-electron chi connectivity index (χ4n) is 3.67. The highest BCUT2D eigenvalue weighted by Crippen LogP contribution is 2.32. The summed E-state index contributed by atoms with van der Waals surface area (Å²) < 4.78 is 6.23. The van der Waals surface area contributed by atoms with Crippen LogP contribution in [0, 0.1) is 5.92 Å². The molecule has 1 fully saturated rings. The number of carbonyl (C=O) groups excluding carboxylic acids is 2. The second kappa shape index (κ2) is 9.34. The molecule has 0 spiro atoms. The Balaban J connectivity index is 1.86. The molecule has 1 aliphatic rings. The number of likely N-dealkylation sites (N-methyl/N-ethyl adjacent to an activating group) is 1. The summed E-state index contributed by atoms with van der Waals surface area (Å²) in [5, 5.41) is 0. The van der Waals surface area contributed by atoms with Gasteiger partial charge in [-0.25, -0.2) is 0 Å². The Hall–Kier alpha value is -2.18. The number of halogens is 1. The van der Waals surface area contributed by atoms with Crippen molar-refractivity contribution in [2.24, 2.45) is 5.92 Å². The van der Waals surface area contributed by atoms with Gasteiger partial charge in [0.25, 0.3) is 0 Å². The number of benzene rings is 2. The first kappa shape index (κ1) is 20.6. The average Bonchev–Trinajstić information content (AvgIpc) is 3.00. The van der Waals surface area contributed by atoms with Crippen LogP contribution in [0.5, 0.6) is 0 Å². The van der Waals surface area contributed by atoms with E-state index in [2.05, 4.69) is 15.9 Å². The highest BCUT2D eigenvalue weighted by atomic mass is 79.9. The van der Waals surface area contributed by atoms with E-state index in [1.54, 1.807) is 24.0 Å². The van der Waals surface area contributed by atoms with Crippen LogP contribution >= 0.6 is 15.9 Å². The Bertz CT molecular complexity index is 828. The second-order valence-corrected chi connectivity index (χ2v) is 7.98. The summed E-state index contributed by atoms with van der Waals surface area (Å²) in [5.74, 6) is -0.307. The van der Waals surface area contributed by atoms with Gasteiger partial charge in [0.05, 0.1) is 0 Å². The second-order valence-electron chi connectivity index (χ2n) is 7.07. The van der Waals surface area contributed by atoms with Gasteiger partial charge in [-0.15, -0.1) is 0 Å². The van der Waals surface area contributed by atoms with Gasteiger partial charge < -0.3 is 14.5 Å². The van der Waals surface area contributed by atoms with Crippen LogP contribution in [0.1, 0.15) is 23.7 Å². The molecule has 0 saturated carbocycles. The number of hydrogen-bond acceptors (Lipinski definition) is 3. The number of ether oxygens (including phenoxy) is 1. The number of hydrogen-bond donors (Lipinski definition) is 0. The summed E-state index contributed by atoms with van der Waals surface area (Å²) >= 11 is 3.49. The van der Waals surface area contributed by atoms with Crippen LogP contribution in [-0.4, -0.2) is 48.9 Å². The largest absolute Gasteiger partial charge is 0.385 e. The quantitative estimate of drug-likeness (QED) is 0.654. The molecule has 2 amide bonds. The summed E-state index contributed by atoms with van der Waals surface area (Å²) in [7, 11) is 3.40. The molecule has 2 aromatic carbocycles. The minimum atomic E-state index is -0.367. The zero-order valence-electron chi connectivity index (χ0n) is 16.2. The van der Waals surface area contributed by atoms with E-state index in [1.165, 1.54) is 0 Å². The zero-order chi connectivity index (χ0) is 20.1. The van der Waals surface area contributed by atoms with E-state index in [-0.39, 0.29) is 30.4 Å². The summed E-state index contributed by atoms with van der Waals surface area (Å²) in [6.07, 6.45) is 0.851. The Kier molecular flexibility index (Phi) is 6.86. The molecule has 1 saturated heterocycles. The van der Waals surface area contributed by atoms with Crippen molar-refractivity contribution in [3.8, 4) is 0 Å². The first-order valence-corrected chi connectivity index (χ1v) is 10.1. The van der Waals surface area contributed by atoms with Gasteiger partial charge >= 0.3 is 0 Å². The highest BCUT2D eigenvalue weighted by Gasteiger charge is 2.41. The van der Waals surface area contributed by atoms with Crippen LogP contribution < -0.4 is 0 Å². The van der Waals surface area contributed by atoms with Crippen LogP contribution in [0.25, 0.3) is 0 Å². The van der Waals surface area contributed by atoms with Crippen LogP contribution in [0.3, 0.4) is 0 Å². The van der Waals surface area contributed by atoms with Crippen molar-refractivity contribution in [2.45, 2.75) is 19.0 Å². The first-order chi connectivity index (χ1) is 13.5. The Morgan fingerprint density at radius 2 is 1.96 bits per heavy atom. The third kappa shape index (κ3) is 4.62. The van der Waals surface area contributed by atoms with E-state index >= 15 is 0 Å².